The van der Waals surface area contributed by atoms with Crippen LogP contribution in [0, 0.1) is 0 Å². The van der Waals surface area contributed by atoms with Gasteiger partial charge in [-0.15, -0.1) is 16.4 Å². The highest BCUT2D eigenvalue weighted by molar-refractivity contribution is 7.15. The van der Waals surface area contributed by atoms with Crippen molar-refractivity contribution >= 4 is 28.2 Å². The van der Waals surface area contributed by atoms with Gasteiger partial charge >= 0.3 is 0 Å². The second-order valence-corrected chi connectivity index (χ2v) is 6.44. The van der Waals surface area contributed by atoms with Gasteiger partial charge in [0.15, 0.2) is 18.1 Å². The van der Waals surface area contributed by atoms with E-state index < -0.39 is 0 Å². The van der Waals surface area contributed by atoms with Crippen molar-refractivity contribution in [3.63, 3.8) is 0 Å². The normalized spacial score (nSPS) is 10.7. The largest absolute Gasteiger partial charge is 0.493 e. The van der Waals surface area contributed by atoms with E-state index in [4.69, 9.17) is 9.47 Å². The smallest absolute Gasteiger partial charge is 0.264 e. The van der Waals surface area contributed by atoms with Crippen molar-refractivity contribution in [2.75, 3.05) is 19.0 Å². The summed E-state index contributed by atoms with van der Waals surface area (Å²) in [5.41, 5.74) is 1.96. The van der Waals surface area contributed by atoms with E-state index >= 15 is 0 Å². The highest BCUT2D eigenvalue weighted by Gasteiger charge is 2.14. The number of amides is 1. The predicted molar refractivity (Wildman–Crippen MR) is 103 cm³/mol. The number of fused-ring (bicyclic) bond motifs is 1. The molecule has 4 aromatic rings. The Kier molecular flexibility index (Phi) is 4.71. The summed E-state index contributed by atoms with van der Waals surface area (Å²) in [5.74, 6) is 0.965. The van der Waals surface area contributed by atoms with Crippen LogP contribution in [0.1, 0.15) is 0 Å². The lowest BCUT2D eigenvalue weighted by atomic mass is 10.2. The van der Waals surface area contributed by atoms with Crippen LogP contribution in [0.4, 0.5) is 5.95 Å². The summed E-state index contributed by atoms with van der Waals surface area (Å²) >= 11 is 1.46. The number of anilines is 1. The van der Waals surface area contributed by atoms with Crippen LogP contribution < -0.4 is 14.8 Å². The number of hydrogen-bond acceptors (Lipinski definition) is 6. The molecule has 7 nitrogen and oxygen atoms in total. The van der Waals surface area contributed by atoms with Gasteiger partial charge in [-0.25, -0.2) is 4.52 Å². The standard InChI is InChI=1S/C19H16N4O3S/c1-25-15-9-5-6-10-16(15)26-11-17(24)20-18-21-19-23(22-18)14(12-27-19)13-7-3-2-4-8-13/h2-10,12H,11H2,1H3,(H,20,22,24). The first-order valence-electron chi connectivity index (χ1n) is 8.20. The fraction of sp³-hybridized carbons (Fsp3) is 0.105. The van der Waals surface area contributed by atoms with Crippen LogP contribution in [0.2, 0.25) is 0 Å². The van der Waals surface area contributed by atoms with Crippen LogP contribution in [-0.4, -0.2) is 34.2 Å². The molecule has 1 N–H and O–H groups in total. The molecule has 0 aliphatic carbocycles. The molecule has 0 saturated carbocycles. The van der Waals surface area contributed by atoms with Crippen molar-refractivity contribution in [3.05, 3.63) is 60.0 Å². The zero-order valence-corrected chi connectivity index (χ0v) is 15.3. The van der Waals surface area contributed by atoms with Gasteiger partial charge in [0, 0.05) is 10.9 Å². The van der Waals surface area contributed by atoms with Gasteiger partial charge < -0.3 is 9.47 Å². The van der Waals surface area contributed by atoms with Gasteiger partial charge in [0.2, 0.25) is 4.96 Å². The van der Waals surface area contributed by atoms with E-state index in [1.165, 1.54) is 11.3 Å². The zero-order chi connectivity index (χ0) is 18.6. The molecular weight excluding hydrogens is 364 g/mol. The number of carbonyl (C=O) groups is 1. The van der Waals surface area contributed by atoms with Crippen molar-refractivity contribution in [2.24, 2.45) is 0 Å². The van der Waals surface area contributed by atoms with Crippen LogP contribution in [0.5, 0.6) is 11.5 Å². The zero-order valence-electron chi connectivity index (χ0n) is 14.5. The maximum Gasteiger partial charge on any atom is 0.264 e. The quantitative estimate of drug-likeness (QED) is 0.554. The maximum absolute atomic E-state index is 12.2. The van der Waals surface area contributed by atoms with Crippen molar-refractivity contribution in [3.8, 4) is 22.8 Å². The van der Waals surface area contributed by atoms with E-state index in [0.717, 1.165) is 11.3 Å². The molecule has 0 unspecified atom stereocenters. The average Bonchev–Trinajstić information content (AvgIpc) is 3.27. The van der Waals surface area contributed by atoms with Gasteiger partial charge in [-0.3, -0.25) is 10.1 Å². The van der Waals surface area contributed by atoms with E-state index in [1.807, 2.05) is 47.8 Å². The molecule has 0 spiro atoms. The molecular formula is C19H16N4O3S. The molecule has 8 heteroatoms. The Hall–Kier alpha value is -3.39. The van der Waals surface area contributed by atoms with E-state index in [2.05, 4.69) is 15.4 Å². The van der Waals surface area contributed by atoms with Crippen LogP contribution >= 0.6 is 11.3 Å². The Bertz CT molecular complexity index is 1070. The van der Waals surface area contributed by atoms with Gasteiger partial charge in [0.05, 0.1) is 12.8 Å². The summed E-state index contributed by atoms with van der Waals surface area (Å²) in [6, 6.07) is 17.0. The van der Waals surface area contributed by atoms with Crippen LogP contribution in [-0.2, 0) is 4.79 Å². The minimum Gasteiger partial charge on any atom is -0.493 e. The number of nitrogens with zero attached hydrogens (tertiary/aromatic N) is 3. The summed E-state index contributed by atoms with van der Waals surface area (Å²) < 4.78 is 12.4. The van der Waals surface area contributed by atoms with E-state index in [9.17, 15) is 4.79 Å². The van der Waals surface area contributed by atoms with Crippen molar-refractivity contribution in [1.82, 2.24) is 14.6 Å². The second-order valence-electron chi connectivity index (χ2n) is 5.60. The number of rotatable bonds is 6. The molecule has 0 atom stereocenters. The molecule has 136 valence electrons. The van der Waals surface area contributed by atoms with E-state index in [0.29, 0.717) is 16.5 Å². The topological polar surface area (TPSA) is 77.8 Å². The first-order valence-corrected chi connectivity index (χ1v) is 9.08. The molecule has 0 fully saturated rings. The number of thiazole rings is 1. The molecule has 2 heterocycles. The minimum absolute atomic E-state index is 0.168. The summed E-state index contributed by atoms with van der Waals surface area (Å²) in [6.07, 6.45) is 0. The summed E-state index contributed by atoms with van der Waals surface area (Å²) in [4.78, 5) is 17.2. The molecule has 2 aromatic carbocycles. The highest BCUT2D eigenvalue weighted by atomic mass is 32.1. The van der Waals surface area contributed by atoms with Gasteiger partial charge in [-0.2, -0.15) is 4.98 Å². The van der Waals surface area contributed by atoms with Gasteiger partial charge in [-0.05, 0) is 12.1 Å². The third-order valence-electron chi connectivity index (χ3n) is 3.83. The minimum atomic E-state index is -0.347. The Morgan fingerprint density at radius 2 is 1.85 bits per heavy atom. The van der Waals surface area contributed by atoms with Crippen molar-refractivity contribution in [2.45, 2.75) is 0 Å². The van der Waals surface area contributed by atoms with E-state index in [1.54, 1.807) is 23.8 Å². The summed E-state index contributed by atoms with van der Waals surface area (Å²) in [5, 5.41) is 9.03. The third-order valence-corrected chi connectivity index (χ3v) is 4.65. The Morgan fingerprint density at radius 1 is 1.11 bits per heavy atom. The average molecular weight is 380 g/mol. The number of methoxy groups -OCH3 is 1. The molecule has 0 aliphatic heterocycles. The molecule has 4 rings (SSSR count). The number of para-hydroxylation sites is 2. The number of nitrogens with one attached hydrogen (secondary N) is 1. The lowest BCUT2D eigenvalue weighted by Gasteiger charge is -2.09. The van der Waals surface area contributed by atoms with Crippen molar-refractivity contribution < 1.29 is 14.3 Å². The van der Waals surface area contributed by atoms with Crippen LogP contribution in [0.3, 0.4) is 0 Å². The van der Waals surface area contributed by atoms with E-state index in [-0.39, 0.29) is 18.5 Å². The molecule has 0 aliphatic rings. The lowest BCUT2D eigenvalue weighted by molar-refractivity contribution is -0.118. The first kappa shape index (κ1) is 17.0. The number of carbonyl (C=O) groups excluding carboxylic acids is 1. The van der Waals surface area contributed by atoms with Crippen molar-refractivity contribution in [1.29, 1.82) is 0 Å². The molecule has 0 saturated heterocycles. The lowest BCUT2D eigenvalue weighted by Crippen LogP contribution is -2.21. The Morgan fingerprint density at radius 3 is 2.63 bits per heavy atom. The highest BCUT2D eigenvalue weighted by Crippen LogP contribution is 2.26. The Balaban J connectivity index is 1.46. The van der Waals surface area contributed by atoms with Gasteiger partial charge in [0.1, 0.15) is 0 Å². The first-order chi connectivity index (χ1) is 13.2. The predicted octanol–water partition coefficient (Wildman–Crippen LogP) is 3.48. The SMILES string of the molecule is COc1ccccc1OCC(=O)Nc1nc2scc(-c3ccccc3)n2n1. The van der Waals surface area contributed by atoms with Gasteiger partial charge in [0.25, 0.3) is 11.9 Å². The summed E-state index contributed by atoms with van der Waals surface area (Å²) in [6.45, 7) is -0.168. The maximum atomic E-state index is 12.2. The summed E-state index contributed by atoms with van der Waals surface area (Å²) in [7, 11) is 1.55. The van der Waals surface area contributed by atoms with Gasteiger partial charge in [-0.1, -0.05) is 42.5 Å². The molecule has 0 bridgehead atoms. The molecule has 27 heavy (non-hydrogen) atoms. The fourth-order valence-electron chi connectivity index (χ4n) is 2.58. The Labute approximate surface area is 159 Å². The van der Waals surface area contributed by atoms with Crippen LogP contribution in [0.25, 0.3) is 16.2 Å². The number of hydrogen-bond donors (Lipinski definition) is 1. The molecule has 1 amide bonds. The monoisotopic (exact) mass is 380 g/mol. The number of aromatic nitrogens is 3. The molecule has 2 aromatic heterocycles. The molecule has 0 radical (unpaired) electrons. The fourth-order valence-corrected chi connectivity index (χ4v) is 3.41. The number of ether oxygens (including phenoxy) is 2. The number of benzene rings is 2. The van der Waals surface area contributed by atoms with Crippen LogP contribution in [0.15, 0.2) is 60.0 Å². The third kappa shape index (κ3) is 3.61. The second kappa shape index (κ2) is 7.46.